The lowest BCUT2D eigenvalue weighted by Crippen LogP contribution is -2.23. The fourth-order valence-corrected chi connectivity index (χ4v) is 0.711. The van der Waals surface area contributed by atoms with Gasteiger partial charge in [0, 0.05) is 7.11 Å². The predicted octanol–water partition coefficient (Wildman–Crippen LogP) is -0.598. The predicted molar refractivity (Wildman–Crippen MR) is 45.7 cm³/mol. The SMILES string of the molecule is COCC(O)COC(=O)CCC(=O)O. The number of carbonyl (C=O) groups excluding carboxylic acids is 1. The highest BCUT2D eigenvalue weighted by Crippen LogP contribution is 1.94. The Labute approximate surface area is 81.4 Å². The quantitative estimate of drug-likeness (QED) is 0.540. The summed E-state index contributed by atoms with van der Waals surface area (Å²) < 4.78 is 9.17. The second-order valence-electron chi connectivity index (χ2n) is 2.69. The van der Waals surface area contributed by atoms with Gasteiger partial charge in [-0.25, -0.2) is 0 Å². The number of hydrogen-bond donors (Lipinski definition) is 2. The molecule has 2 N–H and O–H groups in total. The Balaban J connectivity index is 3.48. The van der Waals surface area contributed by atoms with Crippen LogP contribution in [0.5, 0.6) is 0 Å². The van der Waals surface area contributed by atoms with E-state index >= 15 is 0 Å². The number of carboxylic acid groups (broad SMARTS) is 1. The average Bonchev–Trinajstić information content (AvgIpc) is 2.12. The van der Waals surface area contributed by atoms with Crippen LogP contribution in [0.3, 0.4) is 0 Å². The molecule has 6 nitrogen and oxygen atoms in total. The van der Waals surface area contributed by atoms with Crippen LogP contribution in [0.25, 0.3) is 0 Å². The maximum Gasteiger partial charge on any atom is 0.306 e. The minimum absolute atomic E-state index is 0.0756. The number of rotatable bonds is 7. The molecule has 14 heavy (non-hydrogen) atoms. The minimum Gasteiger partial charge on any atom is -0.481 e. The third-order valence-electron chi connectivity index (χ3n) is 1.34. The van der Waals surface area contributed by atoms with Gasteiger partial charge in [-0.1, -0.05) is 0 Å². The van der Waals surface area contributed by atoms with E-state index in [9.17, 15) is 9.59 Å². The number of carbonyl (C=O) groups is 2. The minimum atomic E-state index is -1.06. The Hall–Kier alpha value is -1.14. The van der Waals surface area contributed by atoms with Gasteiger partial charge in [0.05, 0.1) is 19.4 Å². The van der Waals surface area contributed by atoms with E-state index < -0.39 is 18.0 Å². The van der Waals surface area contributed by atoms with Crippen LogP contribution in [0.15, 0.2) is 0 Å². The van der Waals surface area contributed by atoms with Gasteiger partial charge in [0.25, 0.3) is 0 Å². The maximum absolute atomic E-state index is 10.8. The van der Waals surface area contributed by atoms with Crippen molar-refractivity contribution in [3.05, 3.63) is 0 Å². The topological polar surface area (TPSA) is 93.1 Å². The summed E-state index contributed by atoms with van der Waals surface area (Å²) in [7, 11) is 1.41. The molecule has 0 amide bonds. The van der Waals surface area contributed by atoms with Gasteiger partial charge < -0.3 is 19.7 Å². The zero-order valence-electron chi connectivity index (χ0n) is 7.93. The summed E-state index contributed by atoms with van der Waals surface area (Å²) in [5.41, 5.74) is 0. The number of aliphatic carboxylic acids is 1. The number of carboxylic acids is 1. The smallest absolute Gasteiger partial charge is 0.306 e. The lowest BCUT2D eigenvalue weighted by molar-refractivity contribution is -0.150. The molecule has 0 aliphatic heterocycles. The highest BCUT2D eigenvalue weighted by molar-refractivity contribution is 5.76. The van der Waals surface area contributed by atoms with Crippen molar-refractivity contribution in [3.63, 3.8) is 0 Å². The van der Waals surface area contributed by atoms with E-state index in [0.29, 0.717) is 0 Å². The molecule has 0 aromatic heterocycles. The highest BCUT2D eigenvalue weighted by Gasteiger charge is 2.09. The Bertz CT molecular complexity index is 190. The lowest BCUT2D eigenvalue weighted by atomic mass is 10.3. The Morgan fingerprint density at radius 2 is 1.93 bits per heavy atom. The molecular weight excluding hydrogens is 192 g/mol. The molecule has 82 valence electrons. The molecule has 0 aliphatic carbocycles. The van der Waals surface area contributed by atoms with Crippen LogP contribution in [0.2, 0.25) is 0 Å². The molecule has 0 bridgehead atoms. The molecule has 0 saturated carbocycles. The molecule has 1 unspecified atom stereocenters. The second kappa shape index (κ2) is 7.28. The van der Waals surface area contributed by atoms with Crippen LogP contribution < -0.4 is 0 Å². The first-order valence-electron chi connectivity index (χ1n) is 4.10. The van der Waals surface area contributed by atoms with E-state index in [4.69, 9.17) is 10.2 Å². The third-order valence-corrected chi connectivity index (χ3v) is 1.34. The number of esters is 1. The molecule has 0 aromatic carbocycles. The van der Waals surface area contributed by atoms with Crippen LogP contribution in [0.1, 0.15) is 12.8 Å². The molecule has 0 heterocycles. The van der Waals surface area contributed by atoms with Gasteiger partial charge in [0.2, 0.25) is 0 Å². The standard InChI is InChI=1S/C8H14O6/c1-13-4-6(9)5-14-8(12)3-2-7(10)11/h6,9H,2-5H2,1H3,(H,10,11). The van der Waals surface area contributed by atoms with E-state index in [2.05, 4.69) is 9.47 Å². The largest absolute Gasteiger partial charge is 0.481 e. The van der Waals surface area contributed by atoms with Crippen molar-refractivity contribution >= 4 is 11.9 Å². The third kappa shape index (κ3) is 7.51. The molecule has 0 rings (SSSR count). The molecule has 0 radical (unpaired) electrons. The van der Waals surface area contributed by atoms with E-state index in [0.717, 1.165) is 0 Å². The number of methoxy groups -OCH3 is 1. The van der Waals surface area contributed by atoms with Gasteiger partial charge >= 0.3 is 11.9 Å². The van der Waals surface area contributed by atoms with Crippen molar-refractivity contribution in [3.8, 4) is 0 Å². The summed E-state index contributed by atoms with van der Waals surface area (Å²) in [4.78, 5) is 20.9. The van der Waals surface area contributed by atoms with Crippen LogP contribution >= 0.6 is 0 Å². The van der Waals surface area contributed by atoms with Gasteiger partial charge in [-0.05, 0) is 0 Å². The Morgan fingerprint density at radius 3 is 2.43 bits per heavy atom. The van der Waals surface area contributed by atoms with Gasteiger partial charge in [0.1, 0.15) is 12.7 Å². The molecule has 6 heteroatoms. The van der Waals surface area contributed by atoms with Crippen LogP contribution in [-0.4, -0.2) is 48.6 Å². The first kappa shape index (κ1) is 12.9. The lowest BCUT2D eigenvalue weighted by Gasteiger charge is -2.09. The highest BCUT2D eigenvalue weighted by atomic mass is 16.5. The van der Waals surface area contributed by atoms with Gasteiger partial charge in [0.15, 0.2) is 0 Å². The molecule has 1 atom stereocenters. The van der Waals surface area contributed by atoms with E-state index in [1.165, 1.54) is 7.11 Å². The fraction of sp³-hybridized carbons (Fsp3) is 0.750. The monoisotopic (exact) mass is 206 g/mol. The summed E-state index contributed by atoms with van der Waals surface area (Å²) in [6.45, 7) is -0.0987. The Kier molecular flexibility index (Phi) is 6.69. The average molecular weight is 206 g/mol. The van der Waals surface area contributed by atoms with Crippen molar-refractivity contribution in [2.45, 2.75) is 18.9 Å². The maximum atomic E-state index is 10.8. The van der Waals surface area contributed by atoms with Crippen LogP contribution in [-0.2, 0) is 19.1 Å². The fourth-order valence-electron chi connectivity index (χ4n) is 0.711. The number of aliphatic hydroxyl groups excluding tert-OH is 1. The number of aliphatic hydroxyl groups is 1. The van der Waals surface area contributed by atoms with Gasteiger partial charge in [-0.2, -0.15) is 0 Å². The van der Waals surface area contributed by atoms with Crippen molar-refractivity contribution in [2.24, 2.45) is 0 Å². The number of hydrogen-bond acceptors (Lipinski definition) is 5. The van der Waals surface area contributed by atoms with Crippen molar-refractivity contribution in [1.29, 1.82) is 0 Å². The van der Waals surface area contributed by atoms with Gasteiger partial charge in [-0.15, -0.1) is 0 Å². The molecular formula is C8H14O6. The molecule has 0 fully saturated rings. The second-order valence-corrected chi connectivity index (χ2v) is 2.69. The number of ether oxygens (including phenoxy) is 2. The van der Waals surface area contributed by atoms with Gasteiger partial charge in [-0.3, -0.25) is 9.59 Å². The van der Waals surface area contributed by atoms with Crippen LogP contribution in [0, 0.1) is 0 Å². The summed E-state index contributed by atoms with van der Waals surface area (Å²) in [6, 6.07) is 0. The first-order valence-corrected chi connectivity index (χ1v) is 4.10. The zero-order valence-corrected chi connectivity index (χ0v) is 7.93. The van der Waals surface area contributed by atoms with Crippen LogP contribution in [0.4, 0.5) is 0 Å². The summed E-state index contributed by atoms with van der Waals surface area (Å²) in [5.74, 6) is -1.69. The molecule has 0 saturated heterocycles. The first-order chi connectivity index (χ1) is 6.56. The molecule has 0 aromatic rings. The summed E-state index contributed by atoms with van der Waals surface area (Å²) >= 11 is 0. The summed E-state index contributed by atoms with van der Waals surface area (Å²) in [6.07, 6.45) is -1.32. The van der Waals surface area contributed by atoms with Crippen molar-refractivity contribution in [2.75, 3.05) is 20.3 Å². The van der Waals surface area contributed by atoms with Crippen molar-refractivity contribution < 1.29 is 29.3 Å². The van der Waals surface area contributed by atoms with E-state index in [1.54, 1.807) is 0 Å². The molecule has 0 aliphatic rings. The summed E-state index contributed by atoms with van der Waals surface area (Å²) in [5, 5.41) is 17.3. The Morgan fingerprint density at radius 1 is 1.29 bits per heavy atom. The van der Waals surface area contributed by atoms with E-state index in [-0.39, 0.29) is 26.1 Å². The van der Waals surface area contributed by atoms with E-state index in [1.807, 2.05) is 0 Å². The molecule has 0 spiro atoms. The van der Waals surface area contributed by atoms with Crippen molar-refractivity contribution in [1.82, 2.24) is 0 Å². The normalized spacial score (nSPS) is 12.1. The zero-order chi connectivity index (χ0) is 11.0.